The molecule has 1 aliphatic rings. The SMILES string of the molecule is CCCCCCCOCCOCC[C@H]1C=CC(=O)[C@@H]1CC=CCCCC(=O)OC(C)C. The van der Waals surface area contributed by atoms with Gasteiger partial charge in [-0.2, -0.15) is 0 Å². The second kappa shape index (κ2) is 18.1. The van der Waals surface area contributed by atoms with Gasteiger partial charge in [-0.25, -0.2) is 0 Å². The molecule has 0 bridgehead atoms. The number of carbonyl (C=O) groups is 2. The molecule has 0 N–H and O–H groups in total. The Kier molecular flexibility index (Phi) is 16.1. The Morgan fingerprint density at radius 1 is 1.00 bits per heavy atom. The fourth-order valence-corrected chi connectivity index (χ4v) is 3.67. The molecule has 5 nitrogen and oxygen atoms in total. The average molecular weight is 437 g/mol. The van der Waals surface area contributed by atoms with Crippen molar-refractivity contribution in [2.75, 3.05) is 26.4 Å². The first-order chi connectivity index (χ1) is 15.0. The number of hydrogen-bond acceptors (Lipinski definition) is 5. The molecule has 0 saturated heterocycles. The fourth-order valence-electron chi connectivity index (χ4n) is 3.67. The van der Waals surface area contributed by atoms with E-state index in [-0.39, 0.29) is 29.7 Å². The van der Waals surface area contributed by atoms with Crippen LogP contribution in [0.5, 0.6) is 0 Å². The third kappa shape index (κ3) is 14.3. The third-order valence-electron chi connectivity index (χ3n) is 5.43. The minimum absolute atomic E-state index is 0.0186. The summed E-state index contributed by atoms with van der Waals surface area (Å²) in [6.45, 7) is 8.67. The van der Waals surface area contributed by atoms with Crippen LogP contribution in [0.15, 0.2) is 24.3 Å². The molecule has 5 heteroatoms. The van der Waals surface area contributed by atoms with Crippen molar-refractivity contribution in [1.82, 2.24) is 0 Å². The highest BCUT2D eigenvalue weighted by Gasteiger charge is 2.28. The number of esters is 1. The van der Waals surface area contributed by atoms with Gasteiger partial charge in [0, 0.05) is 25.6 Å². The summed E-state index contributed by atoms with van der Waals surface area (Å²) in [5, 5.41) is 0. The summed E-state index contributed by atoms with van der Waals surface area (Å²) in [7, 11) is 0. The Balaban J connectivity index is 2.07. The van der Waals surface area contributed by atoms with Crippen molar-refractivity contribution in [3.63, 3.8) is 0 Å². The van der Waals surface area contributed by atoms with E-state index in [1.54, 1.807) is 6.08 Å². The van der Waals surface area contributed by atoms with Crippen LogP contribution in [0.3, 0.4) is 0 Å². The van der Waals surface area contributed by atoms with Gasteiger partial charge in [0.2, 0.25) is 0 Å². The van der Waals surface area contributed by atoms with Crippen molar-refractivity contribution < 1.29 is 23.8 Å². The molecule has 0 radical (unpaired) electrons. The van der Waals surface area contributed by atoms with Crippen molar-refractivity contribution in [2.24, 2.45) is 11.8 Å². The quantitative estimate of drug-likeness (QED) is 0.145. The Morgan fingerprint density at radius 3 is 2.48 bits per heavy atom. The molecule has 0 spiro atoms. The Morgan fingerprint density at radius 2 is 1.74 bits per heavy atom. The molecular formula is C26H44O5. The molecular weight excluding hydrogens is 392 g/mol. The summed E-state index contributed by atoms with van der Waals surface area (Å²) in [5.74, 6) is 0.334. The molecule has 0 aromatic rings. The van der Waals surface area contributed by atoms with Gasteiger partial charge >= 0.3 is 5.97 Å². The molecule has 178 valence electrons. The van der Waals surface area contributed by atoms with Gasteiger partial charge in [0.1, 0.15) is 0 Å². The molecule has 1 rings (SSSR count). The van der Waals surface area contributed by atoms with E-state index >= 15 is 0 Å². The highest BCUT2D eigenvalue weighted by Crippen LogP contribution is 2.28. The number of ketones is 1. The second-order valence-corrected chi connectivity index (χ2v) is 8.60. The predicted octanol–water partition coefficient (Wildman–Crippen LogP) is 5.82. The van der Waals surface area contributed by atoms with E-state index < -0.39 is 0 Å². The zero-order valence-corrected chi connectivity index (χ0v) is 20.0. The Labute approximate surface area is 189 Å². The summed E-state index contributed by atoms with van der Waals surface area (Å²) >= 11 is 0. The third-order valence-corrected chi connectivity index (χ3v) is 5.43. The number of allylic oxidation sites excluding steroid dienone is 4. The van der Waals surface area contributed by atoms with Crippen molar-refractivity contribution in [3.05, 3.63) is 24.3 Å². The number of rotatable bonds is 19. The van der Waals surface area contributed by atoms with Crippen LogP contribution in [0.25, 0.3) is 0 Å². The molecule has 0 unspecified atom stereocenters. The van der Waals surface area contributed by atoms with Crippen molar-refractivity contribution in [2.45, 2.75) is 91.1 Å². The van der Waals surface area contributed by atoms with Gasteiger partial charge in [0.05, 0.1) is 19.3 Å². The highest BCUT2D eigenvalue weighted by molar-refractivity contribution is 5.94. The van der Waals surface area contributed by atoms with E-state index in [9.17, 15) is 9.59 Å². The van der Waals surface area contributed by atoms with Gasteiger partial charge in [-0.15, -0.1) is 0 Å². The van der Waals surface area contributed by atoms with Crippen molar-refractivity contribution >= 4 is 11.8 Å². The van der Waals surface area contributed by atoms with E-state index in [1.165, 1.54) is 25.7 Å². The van der Waals surface area contributed by atoms with E-state index in [2.05, 4.69) is 19.1 Å². The lowest BCUT2D eigenvalue weighted by Gasteiger charge is -2.16. The normalized spacial score (nSPS) is 18.5. The van der Waals surface area contributed by atoms with Gasteiger partial charge in [-0.05, 0) is 57.9 Å². The molecule has 0 aliphatic heterocycles. The molecule has 0 heterocycles. The van der Waals surface area contributed by atoms with Crippen LogP contribution in [-0.4, -0.2) is 44.3 Å². The number of ether oxygens (including phenoxy) is 3. The molecule has 2 atom stereocenters. The van der Waals surface area contributed by atoms with Crippen LogP contribution in [0, 0.1) is 11.8 Å². The number of hydrogen-bond donors (Lipinski definition) is 0. The standard InChI is InChI=1S/C26H44O5/c1-4-5-6-9-12-18-29-20-21-30-19-17-23-15-16-25(27)24(23)13-10-7-8-11-14-26(28)31-22(2)3/h7,10,15-16,22-24H,4-6,8-9,11-14,17-21H2,1-3H3/t23-,24-/m1/s1. The molecule has 31 heavy (non-hydrogen) atoms. The van der Waals surface area contributed by atoms with Gasteiger partial charge in [0.15, 0.2) is 5.78 Å². The smallest absolute Gasteiger partial charge is 0.306 e. The number of carbonyl (C=O) groups excluding carboxylic acids is 2. The molecule has 1 aliphatic carbocycles. The lowest BCUT2D eigenvalue weighted by Crippen LogP contribution is -2.17. The lowest BCUT2D eigenvalue weighted by atomic mass is 9.89. The summed E-state index contributed by atoms with van der Waals surface area (Å²) in [4.78, 5) is 23.7. The molecule has 0 aromatic heterocycles. The second-order valence-electron chi connectivity index (χ2n) is 8.60. The maximum Gasteiger partial charge on any atom is 0.306 e. The molecule has 0 fully saturated rings. The maximum absolute atomic E-state index is 12.2. The van der Waals surface area contributed by atoms with Crippen LogP contribution in [-0.2, 0) is 23.8 Å². The number of unbranched alkanes of at least 4 members (excludes halogenated alkanes) is 5. The average Bonchev–Trinajstić information content (AvgIpc) is 3.07. The summed E-state index contributed by atoms with van der Waals surface area (Å²) in [5.41, 5.74) is 0. The molecule has 0 saturated carbocycles. The zero-order chi connectivity index (χ0) is 22.7. The van der Waals surface area contributed by atoms with E-state index in [0.717, 1.165) is 38.7 Å². The summed E-state index contributed by atoms with van der Waals surface area (Å²) in [6, 6.07) is 0. The largest absolute Gasteiger partial charge is 0.463 e. The Hall–Kier alpha value is -1.46. The van der Waals surface area contributed by atoms with Crippen LogP contribution in [0.2, 0.25) is 0 Å². The van der Waals surface area contributed by atoms with Crippen molar-refractivity contribution in [1.29, 1.82) is 0 Å². The van der Waals surface area contributed by atoms with Crippen LogP contribution >= 0.6 is 0 Å². The van der Waals surface area contributed by atoms with E-state index in [4.69, 9.17) is 14.2 Å². The molecule has 0 aromatic carbocycles. The topological polar surface area (TPSA) is 61.8 Å². The van der Waals surface area contributed by atoms with E-state index in [0.29, 0.717) is 26.2 Å². The zero-order valence-electron chi connectivity index (χ0n) is 20.0. The van der Waals surface area contributed by atoms with Crippen molar-refractivity contribution in [3.8, 4) is 0 Å². The first-order valence-corrected chi connectivity index (χ1v) is 12.3. The fraction of sp³-hybridized carbons (Fsp3) is 0.769. The van der Waals surface area contributed by atoms with Crippen LogP contribution in [0.4, 0.5) is 0 Å². The highest BCUT2D eigenvalue weighted by atomic mass is 16.5. The molecule has 0 amide bonds. The first kappa shape index (κ1) is 27.6. The maximum atomic E-state index is 12.2. The van der Waals surface area contributed by atoms with E-state index in [1.807, 2.05) is 19.9 Å². The predicted molar refractivity (Wildman–Crippen MR) is 125 cm³/mol. The van der Waals surface area contributed by atoms with Gasteiger partial charge in [-0.3, -0.25) is 9.59 Å². The van der Waals surface area contributed by atoms with Crippen LogP contribution < -0.4 is 0 Å². The van der Waals surface area contributed by atoms with Crippen LogP contribution in [0.1, 0.15) is 85.0 Å². The first-order valence-electron chi connectivity index (χ1n) is 12.3. The van der Waals surface area contributed by atoms with Gasteiger partial charge in [0.25, 0.3) is 0 Å². The lowest BCUT2D eigenvalue weighted by molar-refractivity contribution is -0.147. The Bertz CT molecular complexity index is 538. The summed E-state index contributed by atoms with van der Waals surface area (Å²) in [6.07, 6.45) is 17.7. The minimum Gasteiger partial charge on any atom is -0.463 e. The monoisotopic (exact) mass is 436 g/mol. The van der Waals surface area contributed by atoms with Gasteiger partial charge in [-0.1, -0.05) is 50.8 Å². The van der Waals surface area contributed by atoms with Gasteiger partial charge < -0.3 is 14.2 Å². The minimum atomic E-state index is -0.143. The summed E-state index contributed by atoms with van der Waals surface area (Å²) < 4.78 is 16.4.